The summed E-state index contributed by atoms with van der Waals surface area (Å²) < 4.78 is 13.0. The zero-order valence-corrected chi connectivity index (χ0v) is 7.83. The molecule has 1 aliphatic rings. The molecule has 0 saturated heterocycles. The van der Waals surface area contributed by atoms with Gasteiger partial charge in [0.15, 0.2) is 5.78 Å². The molecule has 1 aliphatic carbocycles. The van der Waals surface area contributed by atoms with Crippen molar-refractivity contribution in [2.75, 3.05) is 0 Å². The van der Waals surface area contributed by atoms with Crippen molar-refractivity contribution in [3.8, 4) is 11.1 Å². The maximum Gasteiger partial charge on any atom is 0.194 e. The van der Waals surface area contributed by atoms with E-state index in [0.717, 1.165) is 11.1 Å². The smallest absolute Gasteiger partial charge is 0.194 e. The third-order valence-corrected chi connectivity index (χ3v) is 2.69. The lowest BCUT2D eigenvalue weighted by Gasteiger charge is -1.97. The second-order valence-corrected chi connectivity index (χ2v) is 3.56. The molecule has 0 fully saturated rings. The Bertz CT molecular complexity index is 572. The zero-order valence-electron chi connectivity index (χ0n) is 7.83. The number of fused-ring (bicyclic) bond motifs is 3. The Morgan fingerprint density at radius 2 is 1.47 bits per heavy atom. The molecule has 1 nitrogen and oxygen atoms in total. The van der Waals surface area contributed by atoms with Gasteiger partial charge in [-0.15, -0.1) is 0 Å². The predicted octanol–water partition coefficient (Wildman–Crippen LogP) is 3.04. The normalized spacial score (nSPS) is 12.5. The van der Waals surface area contributed by atoms with Crippen LogP contribution in [-0.4, -0.2) is 5.78 Å². The van der Waals surface area contributed by atoms with E-state index in [9.17, 15) is 9.18 Å². The van der Waals surface area contributed by atoms with Crippen molar-refractivity contribution in [1.82, 2.24) is 0 Å². The highest BCUT2D eigenvalue weighted by molar-refractivity contribution is 6.21. The average Bonchev–Trinajstić information content (AvgIpc) is 2.54. The van der Waals surface area contributed by atoms with Crippen molar-refractivity contribution in [3.63, 3.8) is 0 Å². The Kier molecular flexibility index (Phi) is 1.54. The second kappa shape index (κ2) is 2.76. The highest BCUT2D eigenvalue weighted by Crippen LogP contribution is 2.36. The molecule has 15 heavy (non-hydrogen) atoms. The second-order valence-electron chi connectivity index (χ2n) is 3.56. The molecule has 2 heteroatoms. The van der Waals surface area contributed by atoms with Crippen LogP contribution in [0.3, 0.4) is 0 Å². The minimum atomic E-state index is -0.366. The molecule has 0 spiro atoms. The molecule has 0 radical (unpaired) electrons. The molecule has 0 atom stereocenters. The minimum Gasteiger partial charge on any atom is -0.289 e. The van der Waals surface area contributed by atoms with Gasteiger partial charge in [0.2, 0.25) is 0 Å². The number of hydrogen-bond donors (Lipinski definition) is 0. The molecular formula is C13H7FO. The Hall–Kier alpha value is -1.96. The number of carbonyl (C=O) groups is 1. The fourth-order valence-corrected chi connectivity index (χ4v) is 2.00. The van der Waals surface area contributed by atoms with Crippen LogP contribution in [0.5, 0.6) is 0 Å². The fourth-order valence-electron chi connectivity index (χ4n) is 2.00. The Morgan fingerprint density at radius 3 is 2.27 bits per heavy atom. The van der Waals surface area contributed by atoms with Crippen LogP contribution in [-0.2, 0) is 0 Å². The van der Waals surface area contributed by atoms with Crippen LogP contribution >= 0.6 is 0 Å². The summed E-state index contributed by atoms with van der Waals surface area (Å²) in [5.74, 6) is -0.449. The summed E-state index contributed by atoms with van der Waals surface area (Å²) in [6.07, 6.45) is 0. The van der Waals surface area contributed by atoms with Gasteiger partial charge in [-0.05, 0) is 23.3 Å². The average molecular weight is 199 g/mol. The number of benzene rings is 2. The van der Waals surface area contributed by atoms with E-state index in [-0.39, 0.29) is 11.6 Å². The molecule has 2 aromatic rings. The van der Waals surface area contributed by atoms with Gasteiger partial charge in [0.25, 0.3) is 0 Å². The number of ketones is 1. The van der Waals surface area contributed by atoms with Gasteiger partial charge in [0, 0.05) is 11.1 Å². The molecule has 0 saturated carbocycles. The molecule has 0 N–H and O–H groups in total. The van der Waals surface area contributed by atoms with Crippen LogP contribution in [0, 0.1) is 5.82 Å². The minimum absolute atomic E-state index is 0.0832. The first-order valence-electron chi connectivity index (χ1n) is 4.71. The quantitative estimate of drug-likeness (QED) is 0.508. The lowest BCUT2D eigenvalue weighted by Crippen LogP contribution is -1.94. The Balaban J connectivity index is 2.38. The van der Waals surface area contributed by atoms with Gasteiger partial charge in [0.1, 0.15) is 5.82 Å². The van der Waals surface area contributed by atoms with Crippen molar-refractivity contribution in [2.24, 2.45) is 0 Å². The Labute approximate surface area is 86.2 Å². The van der Waals surface area contributed by atoms with E-state index in [1.54, 1.807) is 12.1 Å². The van der Waals surface area contributed by atoms with Gasteiger partial charge in [-0.1, -0.05) is 30.3 Å². The number of halogens is 1. The van der Waals surface area contributed by atoms with E-state index in [1.165, 1.54) is 12.1 Å². The van der Waals surface area contributed by atoms with E-state index >= 15 is 0 Å². The van der Waals surface area contributed by atoms with E-state index in [0.29, 0.717) is 11.1 Å². The number of hydrogen-bond acceptors (Lipinski definition) is 1. The Morgan fingerprint density at radius 1 is 0.800 bits per heavy atom. The summed E-state index contributed by atoms with van der Waals surface area (Å²) in [5, 5.41) is 0. The highest BCUT2D eigenvalue weighted by Gasteiger charge is 2.25. The summed E-state index contributed by atoms with van der Waals surface area (Å²) in [5.41, 5.74) is 2.86. The lowest BCUT2D eigenvalue weighted by molar-refractivity contribution is 0.104. The first kappa shape index (κ1) is 8.36. The standard InChI is InChI=1S/C13H7FO/c14-8-5-6-10-9-3-1-2-4-11(9)13(15)12(10)7-8/h1-7H/i13+1. The van der Waals surface area contributed by atoms with E-state index < -0.39 is 0 Å². The summed E-state index contributed by atoms with van der Waals surface area (Å²) in [4.78, 5) is 11.9. The molecule has 0 aromatic heterocycles. The van der Waals surface area contributed by atoms with Crippen molar-refractivity contribution in [2.45, 2.75) is 0 Å². The molecule has 0 heterocycles. The predicted molar refractivity (Wildman–Crippen MR) is 55.3 cm³/mol. The SMILES string of the molecule is O=[13C]1c2ccccc2-c2ccc(F)cc21. The first-order chi connectivity index (χ1) is 7.27. The third-order valence-electron chi connectivity index (χ3n) is 2.69. The molecule has 72 valence electrons. The molecule has 0 bridgehead atoms. The summed E-state index contributed by atoms with van der Waals surface area (Å²) >= 11 is 0. The first-order valence-corrected chi connectivity index (χ1v) is 4.71. The zero-order chi connectivity index (χ0) is 10.4. The third kappa shape index (κ3) is 1.05. The van der Waals surface area contributed by atoms with Crippen LogP contribution in [0.25, 0.3) is 11.1 Å². The van der Waals surface area contributed by atoms with Gasteiger partial charge in [0.05, 0.1) is 0 Å². The van der Waals surface area contributed by atoms with Crippen LogP contribution in [0.15, 0.2) is 42.5 Å². The summed E-state index contributed by atoms with van der Waals surface area (Å²) in [7, 11) is 0. The number of rotatable bonds is 0. The molecule has 0 amide bonds. The maximum absolute atomic E-state index is 13.0. The lowest BCUT2D eigenvalue weighted by atomic mass is 10.1. The molecular weight excluding hydrogens is 192 g/mol. The molecule has 2 aromatic carbocycles. The van der Waals surface area contributed by atoms with Crippen molar-refractivity contribution in [3.05, 3.63) is 59.4 Å². The fraction of sp³-hybridized carbons (Fsp3) is 0. The van der Waals surface area contributed by atoms with Crippen molar-refractivity contribution < 1.29 is 9.18 Å². The van der Waals surface area contributed by atoms with E-state index in [4.69, 9.17) is 0 Å². The molecule has 3 rings (SSSR count). The summed E-state index contributed by atoms with van der Waals surface area (Å²) in [6.45, 7) is 0. The van der Waals surface area contributed by atoms with E-state index in [2.05, 4.69) is 0 Å². The van der Waals surface area contributed by atoms with Crippen LogP contribution in [0.1, 0.15) is 15.9 Å². The van der Waals surface area contributed by atoms with Crippen LogP contribution in [0.2, 0.25) is 0 Å². The van der Waals surface area contributed by atoms with Gasteiger partial charge < -0.3 is 0 Å². The van der Waals surface area contributed by atoms with Gasteiger partial charge in [-0.25, -0.2) is 4.39 Å². The van der Waals surface area contributed by atoms with Gasteiger partial charge >= 0.3 is 0 Å². The van der Waals surface area contributed by atoms with Crippen LogP contribution in [0.4, 0.5) is 4.39 Å². The van der Waals surface area contributed by atoms with E-state index in [1.807, 2.05) is 18.2 Å². The monoisotopic (exact) mass is 199 g/mol. The highest BCUT2D eigenvalue weighted by atomic mass is 19.1. The maximum atomic E-state index is 13.0. The number of carbonyl (C=O) groups excluding carboxylic acids is 1. The van der Waals surface area contributed by atoms with Crippen molar-refractivity contribution >= 4 is 5.78 Å². The summed E-state index contributed by atoms with van der Waals surface area (Å²) in [6, 6.07) is 11.7. The van der Waals surface area contributed by atoms with Crippen LogP contribution < -0.4 is 0 Å². The van der Waals surface area contributed by atoms with Crippen molar-refractivity contribution in [1.29, 1.82) is 0 Å². The molecule has 0 unspecified atom stereocenters. The van der Waals surface area contributed by atoms with Gasteiger partial charge in [-0.3, -0.25) is 4.79 Å². The largest absolute Gasteiger partial charge is 0.289 e. The molecule has 0 aliphatic heterocycles. The van der Waals surface area contributed by atoms with Gasteiger partial charge in [-0.2, -0.15) is 0 Å². The topological polar surface area (TPSA) is 17.1 Å².